The number of ether oxygens (including phenoxy) is 1. The van der Waals surface area contributed by atoms with Crippen molar-refractivity contribution >= 4 is 5.97 Å². The quantitative estimate of drug-likeness (QED) is 0.490. The van der Waals surface area contributed by atoms with Crippen LogP contribution in [0.2, 0.25) is 0 Å². The Morgan fingerprint density at radius 1 is 1.44 bits per heavy atom. The Kier molecular flexibility index (Phi) is 7.72. The van der Waals surface area contributed by atoms with Gasteiger partial charge in [-0.05, 0) is 38.2 Å². The highest BCUT2D eigenvalue weighted by atomic mass is 16.5. The maximum Gasteiger partial charge on any atom is 0.105 e. The summed E-state index contributed by atoms with van der Waals surface area (Å²) in [4.78, 5) is 10.4. The fourth-order valence-corrected chi connectivity index (χ4v) is 3.63. The standard InChI is InChI=1S/C20H30O5/c1-2-3-4-7-14(21)10-11-16-17-12-15(8-5-6-9-20(23)24)25-19(17)13-18(16)22/h3-4,8,10-11,14,16-19,21-22H,2,5-7,9,12-13H2,1H3,(H,23,24)/p-1/t14-,16+,17+,18+,19-/m0/s1. The zero-order valence-corrected chi connectivity index (χ0v) is 14.8. The van der Waals surface area contributed by atoms with E-state index in [1.807, 2.05) is 24.3 Å². The van der Waals surface area contributed by atoms with Gasteiger partial charge in [0.25, 0.3) is 0 Å². The van der Waals surface area contributed by atoms with E-state index < -0.39 is 18.2 Å². The molecular formula is C20H29O5-. The van der Waals surface area contributed by atoms with E-state index in [0.717, 1.165) is 18.6 Å². The van der Waals surface area contributed by atoms with Crippen molar-refractivity contribution in [2.75, 3.05) is 0 Å². The average molecular weight is 349 g/mol. The first-order valence-electron chi connectivity index (χ1n) is 9.26. The molecule has 1 aliphatic heterocycles. The van der Waals surface area contributed by atoms with Gasteiger partial charge in [0, 0.05) is 30.6 Å². The van der Waals surface area contributed by atoms with E-state index in [1.165, 1.54) is 0 Å². The van der Waals surface area contributed by atoms with E-state index in [1.54, 1.807) is 6.08 Å². The van der Waals surface area contributed by atoms with E-state index in [0.29, 0.717) is 25.7 Å². The summed E-state index contributed by atoms with van der Waals surface area (Å²) < 4.78 is 5.91. The predicted molar refractivity (Wildman–Crippen MR) is 93.2 cm³/mol. The van der Waals surface area contributed by atoms with Crippen molar-refractivity contribution in [3.8, 4) is 0 Å². The minimum atomic E-state index is -1.02. The SMILES string of the molecule is CCC=CC[C@H](O)C=C[C@@H]1[C@H]2CC(=CCCCC(=O)[O-])O[C@H]2C[C@H]1O. The number of unbranched alkanes of at least 4 members (excludes halogenated alkanes) is 1. The van der Waals surface area contributed by atoms with E-state index in [-0.39, 0.29) is 24.4 Å². The molecule has 0 bridgehead atoms. The molecule has 1 saturated carbocycles. The van der Waals surface area contributed by atoms with Crippen LogP contribution < -0.4 is 5.11 Å². The molecule has 0 unspecified atom stereocenters. The highest BCUT2D eigenvalue weighted by molar-refractivity contribution is 5.64. The molecular weight excluding hydrogens is 320 g/mol. The molecule has 1 heterocycles. The van der Waals surface area contributed by atoms with Gasteiger partial charge in [0.05, 0.1) is 18.0 Å². The Morgan fingerprint density at radius 2 is 2.24 bits per heavy atom. The Morgan fingerprint density at radius 3 is 2.96 bits per heavy atom. The van der Waals surface area contributed by atoms with Crippen molar-refractivity contribution in [3.63, 3.8) is 0 Å². The summed E-state index contributed by atoms with van der Waals surface area (Å²) in [5.74, 6) is 0.0781. The summed E-state index contributed by atoms with van der Waals surface area (Å²) in [5, 5.41) is 30.7. The lowest BCUT2D eigenvalue weighted by molar-refractivity contribution is -0.305. The van der Waals surface area contributed by atoms with Gasteiger partial charge in [-0.3, -0.25) is 0 Å². The minimum Gasteiger partial charge on any atom is -0.550 e. The molecule has 1 aliphatic carbocycles. The van der Waals surface area contributed by atoms with Gasteiger partial charge in [0.1, 0.15) is 6.10 Å². The van der Waals surface area contributed by atoms with Crippen molar-refractivity contribution in [1.29, 1.82) is 0 Å². The molecule has 5 heteroatoms. The largest absolute Gasteiger partial charge is 0.550 e. The van der Waals surface area contributed by atoms with E-state index in [2.05, 4.69) is 6.92 Å². The van der Waals surface area contributed by atoms with Gasteiger partial charge >= 0.3 is 0 Å². The fraction of sp³-hybridized carbons (Fsp3) is 0.650. The van der Waals surface area contributed by atoms with Crippen molar-refractivity contribution in [3.05, 3.63) is 36.1 Å². The molecule has 2 rings (SSSR count). The van der Waals surface area contributed by atoms with Gasteiger partial charge in [-0.25, -0.2) is 0 Å². The van der Waals surface area contributed by atoms with Crippen LogP contribution in [0, 0.1) is 11.8 Å². The zero-order valence-electron chi connectivity index (χ0n) is 14.8. The summed E-state index contributed by atoms with van der Waals surface area (Å²) in [6.07, 6.45) is 12.9. The number of carbonyl (C=O) groups is 1. The lowest BCUT2D eigenvalue weighted by Crippen LogP contribution is -2.21. The van der Waals surface area contributed by atoms with Crippen LogP contribution >= 0.6 is 0 Å². The summed E-state index contributed by atoms with van der Waals surface area (Å²) >= 11 is 0. The molecule has 2 N–H and O–H groups in total. The Balaban J connectivity index is 1.86. The van der Waals surface area contributed by atoms with Gasteiger partial charge in [0.15, 0.2) is 0 Å². The number of hydrogen-bond donors (Lipinski definition) is 2. The molecule has 0 aromatic rings. The lowest BCUT2D eigenvalue weighted by atomic mass is 9.90. The Hall–Kier alpha value is -1.59. The second-order valence-electron chi connectivity index (χ2n) is 6.91. The van der Waals surface area contributed by atoms with Crippen LogP contribution in [-0.2, 0) is 9.53 Å². The normalized spacial score (nSPS) is 31.7. The van der Waals surface area contributed by atoms with Gasteiger partial charge in [-0.1, -0.05) is 31.2 Å². The number of allylic oxidation sites excluding steroid dienone is 3. The highest BCUT2D eigenvalue weighted by Gasteiger charge is 2.46. The van der Waals surface area contributed by atoms with Crippen LogP contribution in [0.4, 0.5) is 0 Å². The number of aliphatic carboxylic acids is 1. The first kappa shape index (κ1) is 19.7. The third-order valence-corrected chi connectivity index (χ3v) is 4.92. The predicted octanol–water partition coefficient (Wildman–Crippen LogP) is 1.85. The number of carboxylic acid groups (broad SMARTS) is 1. The van der Waals surface area contributed by atoms with Crippen LogP contribution in [0.15, 0.2) is 36.1 Å². The van der Waals surface area contributed by atoms with Crippen molar-refractivity contribution in [2.24, 2.45) is 11.8 Å². The second-order valence-corrected chi connectivity index (χ2v) is 6.91. The maximum absolute atomic E-state index is 10.4. The number of fused-ring (bicyclic) bond motifs is 1. The maximum atomic E-state index is 10.4. The van der Waals surface area contributed by atoms with Crippen molar-refractivity contribution < 1.29 is 24.9 Å². The summed E-state index contributed by atoms with van der Waals surface area (Å²) in [6.45, 7) is 2.05. The first-order valence-corrected chi connectivity index (χ1v) is 9.26. The van der Waals surface area contributed by atoms with Crippen molar-refractivity contribution in [1.82, 2.24) is 0 Å². The number of aliphatic hydroxyl groups excluding tert-OH is 2. The summed E-state index contributed by atoms with van der Waals surface area (Å²) in [6, 6.07) is 0. The molecule has 2 aliphatic rings. The van der Waals surface area contributed by atoms with Gasteiger partial charge in [-0.2, -0.15) is 0 Å². The molecule has 2 fully saturated rings. The van der Waals surface area contributed by atoms with Crippen LogP contribution in [0.25, 0.3) is 0 Å². The number of hydrogen-bond acceptors (Lipinski definition) is 5. The molecule has 1 saturated heterocycles. The topological polar surface area (TPSA) is 89.8 Å². The smallest absolute Gasteiger partial charge is 0.105 e. The van der Waals surface area contributed by atoms with Gasteiger partial charge in [0.2, 0.25) is 0 Å². The Labute approximate surface area is 149 Å². The first-order chi connectivity index (χ1) is 12.0. The summed E-state index contributed by atoms with van der Waals surface area (Å²) in [5.41, 5.74) is 0. The minimum absolute atomic E-state index is 0.00849. The van der Waals surface area contributed by atoms with Gasteiger partial charge in [-0.15, -0.1) is 0 Å². The summed E-state index contributed by atoms with van der Waals surface area (Å²) in [7, 11) is 0. The van der Waals surface area contributed by atoms with Crippen molar-refractivity contribution in [2.45, 2.75) is 70.2 Å². The molecule has 0 radical (unpaired) electrons. The monoisotopic (exact) mass is 349 g/mol. The fourth-order valence-electron chi connectivity index (χ4n) is 3.63. The van der Waals surface area contributed by atoms with Crippen LogP contribution in [0.3, 0.4) is 0 Å². The van der Waals surface area contributed by atoms with E-state index in [9.17, 15) is 20.1 Å². The zero-order chi connectivity index (χ0) is 18.2. The third-order valence-electron chi connectivity index (χ3n) is 4.92. The van der Waals surface area contributed by atoms with Crippen LogP contribution in [-0.4, -0.2) is 34.5 Å². The molecule has 5 atom stereocenters. The number of aliphatic hydroxyl groups is 2. The lowest BCUT2D eigenvalue weighted by Gasteiger charge is -2.15. The Bertz CT molecular complexity index is 522. The molecule has 25 heavy (non-hydrogen) atoms. The van der Waals surface area contributed by atoms with Gasteiger partial charge < -0.3 is 24.9 Å². The molecule has 0 aromatic heterocycles. The number of carbonyl (C=O) groups excluding carboxylic acids is 1. The molecule has 140 valence electrons. The van der Waals surface area contributed by atoms with Crippen LogP contribution in [0.1, 0.15) is 51.9 Å². The second kappa shape index (κ2) is 9.78. The third kappa shape index (κ3) is 6.01. The highest BCUT2D eigenvalue weighted by Crippen LogP contribution is 2.45. The number of carboxylic acids is 1. The average Bonchev–Trinajstić information content (AvgIpc) is 3.06. The molecule has 0 spiro atoms. The molecule has 0 aromatic carbocycles. The van der Waals surface area contributed by atoms with E-state index in [4.69, 9.17) is 4.74 Å². The van der Waals surface area contributed by atoms with Crippen LogP contribution in [0.5, 0.6) is 0 Å². The molecule has 5 nitrogen and oxygen atoms in total. The molecule has 0 amide bonds. The number of rotatable bonds is 9. The van der Waals surface area contributed by atoms with E-state index >= 15 is 0 Å².